The Morgan fingerprint density at radius 2 is 1.58 bits per heavy atom. The van der Waals surface area contributed by atoms with Crippen LogP contribution in [0.1, 0.15) is 6.92 Å². The average molecular weight is 170 g/mol. The van der Waals surface area contributed by atoms with Crippen LogP contribution in [0.5, 0.6) is 0 Å². The number of hydrogen-bond donors (Lipinski definition) is 2. The van der Waals surface area contributed by atoms with Crippen molar-refractivity contribution in [3.05, 3.63) is 19.0 Å². The number of hydrogen-bond acceptors (Lipinski definition) is 5. The molecule has 12 heavy (non-hydrogen) atoms. The molecule has 0 bridgehead atoms. The molecule has 0 aliphatic rings. The van der Waals surface area contributed by atoms with Crippen LogP contribution in [0.25, 0.3) is 0 Å². The van der Waals surface area contributed by atoms with Gasteiger partial charge in [-0.25, -0.2) is 15.0 Å². The molecule has 1 aromatic heterocycles. The topological polar surface area (TPSA) is 102 Å². The molecule has 1 rings (SSSR count). The van der Waals surface area contributed by atoms with Gasteiger partial charge in [-0.1, -0.05) is 0 Å². The van der Waals surface area contributed by atoms with E-state index in [1.165, 1.54) is 25.9 Å². The molecular formula is C6H10N4O2. The maximum absolute atomic E-state index is 9.57. The molecule has 0 aliphatic carbocycles. The van der Waals surface area contributed by atoms with Gasteiger partial charge in [-0.2, -0.15) is 0 Å². The van der Waals surface area contributed by atoms with Crippen LogP contribution in [-0.2, 0) is 4.79 Å². The number of carboxylic acid groups (broad SMARTS) is 1. The molecule has 0 amide bonds. The van der Waals surface area contributed by atoms with Crippen molar-refractivity contribution in [3.8, 4) is 0 Å². The van der Waals surface area contributed by atoms with E-state index in [0.29, 0.717) is 0 Å². The lowest BCUT2D eigenvalue weighted by Gasteiger charge is -1.90. The van der Waals surface area contributed by atoms with Crippen molar-refractivity contribution in [1.82, 2.24) is 15.0 Å². The molecule has 6 nitrogen and oxygen atoms in total. The van der Waals surface area contributed by atoms with Gasteiger partial charge in [-0.15, -0.1) is 0 Å². The van der Waals surface area contributed by atoms with Crippen molar-refractivity contribution in [2.75, 3.05) is 0 Å². The molecule has 1 heterocycles. The first-order valence-electron chi connectivity index (χ1n) is 3.18. The molecule has 66 valence electrons. The molecule has 3 N–H and O–H groups in total. The van der Waals surface area contributed by atoms with E-state index in [2.05, 4.69) is 15.0 Å². The lowest BCUT2D eigenvalue weighted by atomic mass is 10.4. The zero-order valence-electron chi connectivity index (χ0n) is 6.58. The zero-order chi connectivity index (χ0) is 9.40. The number of rotatable bonds is 1. The van der Waals surface area contributed by atoms with Gasteiger partial charge in [0.15, 0.2) is 0 Å². The van der Waals surface area contributed by atoms with E-state index in [-0.39, 0.29) is 0 Å². The minimum absolute atomic E-state index is 0.731. The largest absolute Gasteiger partial charge is 0.480 e. The van der Waals surface area contributed by atoms with E-state index in [9.17, 15) is 4.79 Å². The van der Waals surface area contributed by atoms with E-state index in [1.54, 1.807) is 0 Å². The van der Waals surface area contributed by atoms with Gasteiger partial charge < -0.3 is 10.8 Å². The molecule has 0 saturated heterocycles. The fourth-order valence-corrected chi connectivity index (χ4v) is 0.205. The van der Waals surface area contributed by atoms with E-state index in [1.807, 2.05) is 0 Å². The fourth-order valence-electron chi connectivity index (χ4n) is 0.205. The minimum atomic E-state index is -0.963. The van der Waals surface area contributed by atoms with Gasteiger partial charge in [-0.3, -0.25) is 4.79 Å². The summed E-state index contributed by atoms with van der Waals surface area (Å²) in [7, 11) is 0. The van der Waals surface area contributed by atoms with Crippen LogP contribution in [-0.4, -0.2) is 32.1 Å². The zero-order valence-corrected chi connectivity index (χ0v) is 6.58. The minimum Gasteiger partial charge on any atom is -0.480 e. The molecule has 1 atom stereocenters. The Kier molecular flexibility index (Phi) is 5.37. The lowest BCUT2D eigenvalue weighted by molar-refractivity contribution is -0.138. The van der Waals surface area contributed by atoms with Crippen molar-refractivity contribution in [1.29, 1.82) is 0 Å². The van der Waals surface area contributed by atoms with Crippen molar-refractivity contribution < 1.29 is 9.90 Å². The quantitative estimate of drug-likeness (QED) is 0.577. The number of aromatic nitrogens is 3. The predicted octanol–water partition coefficient (Wildman–Crippen LogP) is -0.710. The molecule has 0 radical (unpaired) electrons. The van der Waals surface area contributed by atoms with Crippen LogP contribution < -0.4 is 5.73 Å². The van der Waals surface area contributed by atoms with Gasteiger partial charge in [-0.05, 0) is 6.92 Å². The Hall–Kier alpha value is -1.56. The monoisotopic (exact) mass is 170 g/mol. The normalized spacial score (nSPS) is 10.8. The highest BCUT2D eigenvalue weighted by Gasteiger charge is 1.99. The van der Waals surface area contributed by atoms with E-state index in [0.717, 1.165) is 0 Å². The van der Waals surface area contributed by atoms with Crippen molar-refractivity contribution >= 4 is 5.97 Å². The average Bonchev–Trinajstić information content (AvgIpc) is 2.08. The molecule has 0 aliphatic heterocycles. The molecule has 0 aromatic carbocycles. The second kappa shape index (κ2) is 6.17. The Bertz CT molecular complexity index is 187. The third kappa shape index (κ3) is 6.56. The summed E-state index contributed by atoms with van der Waals surface area (Å²) in [6.07, 6.45) is 4.31. The third-order valence-corrected chi connectivity index (χ3v) is 0.790. The summed E-state index contributed by atoms with van der Waals surface area (Å²) in [6, 6.07) is -0.731. The van der Waals surface area contributed by atoms with Crippen molar-refractivity contribution in [2.45, 2.75) is 13.0 Å². The van der Waals surface area contributed by atoms with Crippen LogP contribution in [0, 0.1) is 0 Å². The highest BCUT2D eigenvalue weighted by molar-refractivity contribution is 5.72. The van der Waals surface area contributed by atoms with Crippen LogP contribution >= 0.6 is 0 Å². The first-order chi connectivity index (χ1) is 5.64. The van der Waals surface area contributed by atoms with E-state index in [4.69, 9.17) is 10.8 Å². The number of carboxylic acids is 1. The molecule has 0 saturated carbocycles. The van der Waals surface area contributed by atoms with E-state index < -0.39 is 12.0 Å². The molecule has 0 fully saturated rings. The van der Waals surface area contributed by atoms with Crippen LogP contribution in [0.2, 0.25) is 0 Å². The second-order valence-corrected chi connectivity index (χ2v) is 1.92. The Balaban J connectivity index is 0.000000202. The SMILES string of the molecule is CC(N)C(=O)O.c1ncncn1. The first-order valence-corrected chi connectivity index (χ1v) is 3.18. The summed E-state index contributed by atoms with van der Waals surface area (Å²) in [5.74, 6) is -0.963. The van der Waals surface area contributed by atoms with E-state index >= 15 is 0 Å². The highest BCUT2D eigenvalue weighted by atomic mass is 16.4. The summed E-state index contributed by atoms with van der Waals surface area (Å²) in [5.41, 5.74) is 4.84. The van der Waals surface area contributed by atoms with Gasteiger partial charge >= 0.3 is 5.97 Å². The van der Waals surface area contributed by atoms with Crippen LogP contribution in [0.3, 0.4) is 0 Å². The van der Waals surface area contributed by atoms with Gasteiger partial charge in [0.05, 0.1) is 0 Å². The Morgan fingerprint density at radius 1 is 1.33 bits per heavy atom. The molecule has 6 heteroatoms. The summed E-state index contributed by atoms with van der Waals surface area (Å²) in [5, 5.41) is 7.87. The number of carbonyl (C=O) groups is 1. The maximum atomic E-state index is 9.57. The van der Waals surface area contributed by atoms with Crippen molar-refractivity contribution in [2.24, 2.45) is 5.73 Å². The maximum Gasteiger partial charge on any atom is 0.320 e. The predicted molar refractivity (Wildman–Crippen MR) is 41.1 cm³/mol. The lowest BCUT2D eigenvalue weighted by Crippen LogP contribution is -2.25. The van der Waals surface area contributed by atoms with Gasteiger partial charge in [0.1, 0.15) is 25.0 Å². The van der Waals surface area contributed by atoms with Gasteiger partial charge in [0.25, 0.3) is 0 Å². The Morgan fingerprint density at radius 3 is 1.67 bits per heavy atom. The molecule has 1 aromatic rings. The summed E-state index contributed by atoms with van der Waals surface area (Å²) >= 11 is 0. The first kappa shape index (κ1) is 10.4. The van der Waals surface area contributed by atoms with Crippen LogP contribution in [0.15, 0.2) is 19.0 Å². The van der Waals surface area contributed by atoms with Gasteiger partial charge in [0, 0.05) is 0 Å². The second-order valence-electron chi connectivity index (χ2n) is 1.92. The highest BCUT2D eigenvalue weighted by Crippen LogP contribution is 1.68. The summed E-state index contributed by atoms with van der Waals surface area (Å²) in [6.45, 7) is 1.42. The fraction of sp³-hybridized carbons (Fsp3) is 0.333. The summed E-state index contributed by atoms with van der Waals surface area (Å²) < 4.78 is 0. The summed E-state index contributed by atoms with van der Waals surface area (Å²) in [4.78, 5) is 20.3. The molecule has 0 spiro atoms. The van der Waals surface area contributed by atoms with Crippen molar-refractivity contribution in [3.63, 3.8) is 0 Å². The smallest absolute Gasteiger partial charge is 0.320 e. The van der Waals surface area contributed by atoms with Crippen LogP contribution in [0.4, 0.5) is 0 Å². The number of aliphatic carboxylic acids is 1. The van der Waals surface area contributed by atoms with Gasteiger partial charge in [0.2, 0.25) is 0 Å². The number of nitrogens with zero attached hydrogens (tertiary/aromatic N) is 3. The Labute approximate surface area is 69.5 Å². The standard InChI is InChI=1S/C3H3N3.C3H7NO2/c1-4-2-6-3-5-1;1-2(4)3(5)6/h1-3H;2H,4H2,1H3,(H,5,6). The molecular weight excluding hydrogens is 160 g/mol. The molecule has 1 unspecified atom stereocenters. The third-order valence-electron chi connectivity index (χ3n) is 0.790. The number of nitrogens with two attached hydrogens (primary N) is 1.